The maximum Gasteiger partial charge on any atom is 0.346 e. The van der Waals surface area contributed by atoms with E-state index in [2.05, 4.69) is 16.3 Å². The van der Waals surface area contributed by atoms with Crippen molar-refractivity contribution in [1.29, 1.82) is 0 Å². The van der Waals surface area contributed by atoms with Gasteiger partial charge in [-0.15, -0.1) is 0 Å². The molecule has 100 valence electrons. The van der Waals surface area contributed by atoms with E-state index >= 15 is 0 Å². The van der Waals surface area contributed by atoms with E-state index in [0.717, 1.165) is 64.7 Å². The normalized spacial score (nSPS) is 23.6. The summed E-state index contributed by atoms with van der Waals surface area (Å²) in [6, 6.07) is 0. The molecule has 0 atom stereocenters. The summed E-state index contributed by atoms with van der Waals surface area (Å²) >= 11 is 0. The van der Waals surface area contributed by atoms with E-state index in [9.17, 15) is 4.57 Å². The highest BCUT2D eigenvalue weighted by Gasteiger charge is 2.40. The molecule has 0 aromatic heterocycles. The quantitative estimate of drug-likeness (QED) is 0.542. The molecule has 0 aromatic rings. The molecule has 17 heavy (non-hydrogen) atoms. The SMILES string of the molecule is CCCCOP(=O)(N1CCCC1)N1CCCC1. The van der Waals surface area contributed by atoms with Crippen molar-refractivity contribution in [3.63, 3.8) is 0 Å². The van der Waals surface area contributed by atoms with Gasteiger partial charge in [-0.2, -0.15) is 0 Å². The van der Waals surface area contributed by atoms with Gasteiger partial charge in [-0.05, 0) is 32.1 Å². The molecule has 2 aliphatic rings. The van der Waals surface area contributed by atoms with Crippen LogP contribution in [-0.4, -0.2) is 42.1 Å². The Labute approximate surface area is 105 Å². The van der Waals surface area contributed by atoms with E-state index in [1.807, 2.05) is 0 Å². The fourth-order valence-electron chi connectivity index (χ4n) is 2.58. The van der Waals surface area contributed by atoms with Crippen molar-refractivity contribution in [2.24, 2.45) is 0 Å². The molecule has 0 spiro atoms. The van der Waals surface area contributed by atoms with E-state index in [1.165, 1.54) is 0 Å². The van der Waals surface area contributed by atoms with Crippen molar-refractivity contribution in [2.75, 3.05) is 32.8 Å². The van der Waals surface area contributed by atoms with E-state index in [4.69, 9.17) is 4.52 Å². The van der Waals surface area contributed by atoms with Gasteiger partial charge < -0.3 is 4.52 Å². The van der Waals surface area contributed by atoms with Gasteiger partial charge in [-0.3, -0.25) is 4.57 Å². The van der Waals surface area contributed by atoms with Gasteiger partial charge in [0.2, 0.25) is 0 Å². The monoisotopic (exact) mass is 260 g/mol. The first-order chi connectivity index (χ1) is 8.27. The van der Waals surface area contributed by atoms with Crippen LogP contribution in [0.15, 0.2) is 0 Å². The fraction of sp³-hybridized carbons (Fsp3) is 1.00. The predicted octanol–water partition coefficient (Wildman–Crippen LogP) is 3.10. The van der Waals surface area contributed by atoms with Crippen molar-refractivity contribution in [3.05, 3.63) is 0 Å². The minimum absolute atomic E-state index is 0.640. The van der Waals surface area contributed by atoms with Crippen LogP contribution < -0.4 is 0 Å². The maximum atomic E-state index is 13.1. The van der Waals surface area contributed by atoms with Crippen LogP contribution in [0, 0.1) is 0 Å². The molecule has 0 aromatic carbocycles. The average Bonchev–Trinajstić information content (AvgIpc) is 3.02. The molecule has 0 aliphatic carbocycles. The Morgan fingerprint density at radius 1 is 1.00 bits per heavy atom. The third-order valence-corrected chi connectivity index (χ3v) is 6.39. The Balaban J connectivity index is 2.01. The molecule has 0 bridgehead atoms. The number of unbranched alkanes of at least 4 members (excludes halogenated alkanes) is 1. The zero-order valence-corrected chi connectivity index (χ0v) is 11.8. The Hall–Kier alpha value is 0.110. The minimum Gasteiger partial charge on any atom is -0.306 e. The zero-order chi connectivity index (χ0) is 12.1. The van der Waals surface area contributed by atoms with Crippen LogP contribution in [0.25, 0.3) is 0 Å². The number of hydrogen-bond acceptors (Lipinski definition) is 2. The minimum atomic E-state index is -2.68. The third kappa shape index (κ3) is 3.11. The van der Waals surface area contributed by atoms with Crippen LogP contribution in [0.2, 0.25) is 0 Å². The summed E-state index contributed by atoms with van der Waals surface area (Å²) in [6.45, 7) is 6.56. The second-order valence-corrected chi connectivity index (χ2v) is 7.37. The largest absolute Gasteiger partial charge is 0.346 e. The van der Waals surface area contributed by atoms with Crippen LogP contribution in [0.3, 0.4) is 0 Å². The second kappa shape index (κ2) is 6.33. The lowest BCUT2D eigenvalue weighted by Crippen LogP contribution is -2.30. The van der Waals surface area contributed by atoms with Crippen molar-refractivity contribution >= 4 is 7.67 Å². The molecule has 0 N–H and O–H groups in total. The molecular weight excluding hydrogens is 235 g/mol. The fourth-order valence-corrected chi connectivity index (χ4v) is 5.20. The average molecular weight is 260 g/mol. The van der Waals surface area contributed by atoms with E-state index in [1.54, 1.807) is 0 Å². The van der Waals surface area contributed by atoms with Crippen LogP contribution >= 0.6 is 7.67 Å². The molecule has 2 fully saturated rings. The van der Waals surface area contributed by atoms with E-state index in [-0.39, 0.29) is 0 Å². The highest BCUT2D eigenvalue weighted by Crippen LogP contribution is 2.57. The lowest BCUT2D eigenvalue weighted by molar-refractivity contribution is 0.223. The van der Waals surface area contributed by atoms with Gasteiger partial charge >= 0.3 is 7.67 Å². The number of hydrogen-bond donors (Lipinski definition) is 0. The van der Waals surface area contributed by atoms with Crippen LogP contribution in [-0.2, 0) is 9.09 Å². The summed E-state index contributed by atoms with van der Waals surface area (Å²) < 4.78 is 23.2. The summed E-state index contributed by atoms with van der Waals surface area (Å²) in [6.07, 6.45) is 6.75. The molecule has 2 aliphatic heterocycles. The highest BCUT2D eigenvalue weighted by molar-refractivity contribution is 7.54. The molecule has 0 radical (unpaired) electrons. The van der Waals surface area contributed by atoms with Crippen molar-refractivity contribution in [1.82, 2.24) is 9.34 Å². The topological polar surface area (TPSA) is 32.8 Å². The smallest absolute Gasteiger partial charge is 0.306 e. The molecule has 2 rings (SSSR count). The lowest BCUT2D eigenvalue weighted by Gasteiger charge is -2.33. The van der Waals surface area contributed by atoms with Gasteiger partial charge in [0.25, 0.3) is 0 Å². The Bertz CT molecular complexity index is 254. The first-order valence-electron chi connectivity index (χ1n) is 7.03. The van der Waals surface area contributed by atoms with Gasteiger partial charge in [0.05, 0.1) is 6.61 Å². The zero-order valence-electron chi connectivity index (χ0n) is 10.9. The summed E-state index contributed by atoms with van der Waals surface area (Å²) in [5.41, 5.74) is 0. The molecule has 4 nitrogen and oxygen atoms in total. The first kappa shape index (κ1) is 13.5. The summed E-state index contributed by atoms with van der Waals surface area (Å²) in [5.74, 6) is 0. The Kier molecular flexibility index (Phi) is 5.04. The predicted molar refractivity (Wildman–Crippen MR) is 70.1 cm³/mol. The summed E-state index contributed by atoms with van der Waals surface area (Å²) in [4.78, 5) is 0. The number of rotatable bonds is 6. The van der Waals surface area contributed by atoms with E-state index < -0.39 is 7.67 Å². The summed E-state index contributed by atoms with van der Waals surface area (Å²) in [7, 11) is -2.68. The first-order valence-corrected chi connectivity index (χ1v) is 8.56. The molecular formula is C12H25N2O2P. The Morgan fingerprint density at radius 2 is 1.47 bits per heavy atom. The van der Waals surface area contributed by atoms with Gasteiger partial charge in [0.1, 0.15) is 0 Å². The van der Waals surface area contributed by atoms with E-state index in [0.29, 0.717) is 6.61 Å². The molecule has 0 unspecified atom stereocenters. The summed E-state index contributed by atoms with van der Waals surface area (Å²) in [5, 5.41) is 0. The van der Waals surface area contributed by atoms with Crippen LogP contribution in [0.1, 0.15) is 45.4 Å². The molecule has 2 saturated heterocycles. The standard InChI is InChI=1S/C12H25N2O2P/c1-2-3-12-16-17(15,13-8-4-5-9-13)14-10-6-7-11-14/h2-12H2,1H3. The molecule has 0 amide bonds. The van der Waals surface area contributed by atoms with Crippen LogP contribution in [0.5, 0.6) is 0 Å². The molecule has 2 heterocycles. The van der Waals surface area contributed by atoms with Crippen molar-refractivity contribution < 1.29 is 9.09 Å². The van der Waals surface area contributed by atoms with Crippen molar-refractivity contribution in [2.45, 2.75) is 45.4 Å². The van der Waals surface area contributed by atoms with Gasteiger partial charge in [0.15, 0.2) is 0 Å². The third-order valence-electron chi connectivity index (χ3n) is 3.64. The second-order valence-electron chi connectivity index (χ2n) is 5.00. The highest BCUT2D eigenvalue weighted by atomic mass is 31.2. The molecule has 5 heteroatoms. The van der Waals surface area contributed by atoms with Crippen molar-refractivity contribution in [3.8, 4) is 0 Å². The Morgan fingerprint density at radius 3 is 1.88 bits per heavy atom. The number of nitrogens with zero attached hydrogens (tertiary/aromatic N) is 2. The van der Waals surface area contributed by atoms with Gasteiger partial charge in [0, 0.05) is 26.2 Å². The van der Waals surface area contributed by atoms with Crippen LogP contribution in [0.4, 0.5) is 0 Å². The van der Waals surface area contributed by atoms with Gasteiger partial charge in [-0.1, -0.05) is 13.3 Å². The lowest BCUT2D eigenvalue weighted by atomic mass is 10.4. The van der Waals surface area contributed by atoms with Gasteiger partial charge in [-0.25, -0.2) is 9.34 Å². The maximum absolute atomic E-state index is 13.1. The molecule has 0 saturated carbocycles.